The molecule has 3 nitrogen and oxygen atoms in total. The van der Waals surface area contributed by atoms with E-state index >= 15 is 0 Å². The van der Waals surface area contributed by atoms with Crippen molar-refractivity contribution < 1.29 is 21.9 Å². The topological polar surface area (TPSA) is 29.5 Å². The van der Waals surface area contributed by atoms with Gasteiger partial charge in [0.25, 0.3) is 0 Å². The van der Waals surface area contributed by atoms with E-state index in [1.807, 2.05) is 37.4 Å². The summed E-state index contributed by atoms with van der Waals surface area (Å²) in [6, 6.07) is 9.69. The monoisotopic (exact) mass is 296 g/mol. The fraction of sp³-hybridized carbons (Fsp3) is 0.438. The van der Waals surface area contributed by atoms with Crippen molar-refractivity contribution >= 4 is 12.0 Å². The lowest BCUT2D eigenvalue weighted by atomic mass is 10.1. The molecule has 20 heavy (non-hydrogen) atoms. The molecule has 0 heterocycles. The SMILES string of the molecule is CN(CCOC(=O)/C=C/c1ccccc1)C(C)(C)C.[Cl-]. The third kappa shape index (κ3) is 7.31. The number of esters is 1. The number of likely N-dealkylation sites (N-methyl/N-ethyl adjacent to an activating group) is 1. The van der Waals surface area contributed by atoms with Crippen LogP contribution in [0.1, 0.15) is 26.3 Å². The van der Waals surface area contributed by atoms with Crippen LogP contribution >= 0.6 is 0 Å². The molecule has 0 fully saturated rings. The maximum absolute atomic E-state index is 11.5. The fourth-order valence-electron chi connectivity index (χ4n) is 1.40. The molecular formula is C16H23ClNO2-. The van der Waals surface area contributed by atoms with E-state index in [1.54, 1.807) is 6.08 Å². The van der Waals surface area contributed by atoms with E-state index in [0.717, 1.165) is 12.1 Å². The van der Waals surface area contributed by atoms with Crippen LogP contribution in [0.25, 0.3) is 6.08 Å². The van der Waals surface area contributed by atoms with Gasteiger partial charge in [-0.3, -0.25) is 4.90 Å². The van der Waals surface area contributed by atoms with E-state index in [9.17, 15) is 4.79 Å². The Labute approximate surface area is 128 Å². The number of hydrogen-bond acceptors (Lipinski definition) is 3. The molecule has 0 aliphatic heterocycles. The number of benzene rings is 1. The number of hydrogen-bond donors (Lipinski definition) is 0. The largest absolute Gasteiger partial charge is 1.00 e. The summed E-state index contributed by atoms with van der Waals surface area (Å²) in [7, 11) is 2.02. The quantitative estimate of drug-likeness (QED) is 0.565. The average Bonchev–Trinajstić information content (AvgIpc) is 2.36. The molecule has 0 N–H and O–H groups in total. The molecule has 4 heteroatoms. The minimum Gasteiger partial charge on any atom is -1.00 e. The molecule has 1 rings (SSSR count). The van der Waals surface area contributed by atoms with E-state index in [4.69, 9.17) is 4.74 Å². The van der Waals surface area contributed by atoms with Crippen LogP contribution < -0.4 is 12.4 Å². The molecule has 0 saturated heterocycles. The highest BCUT2D eigenvalue weighted by Crippen LogP contribution is 2.09. The van der Waals surface area contributed by atoms with Crippen LogP contribution in [0.5, 0.6) is 0 Å². The molecule has 1 aromatic carbocycles. The van der Waals surface area contributed by atoms with Gasteiger partial charge in [0.2, 0.25) is 0 Å². The van der Waals surface area contributed by atoms with Gasteiger partial charge in [0.05, 0.1) is 0 Å². The standard InChI is InChI=1S/C16H23NO2.ClH/c1-16(2,3)17(4)12-13-19-15(18)11-10-14-8-6-5-7-9-14;/h5-11H,12-13H2,1-4H3;1H/p-1/b11-10+;. The summed E-state index contributed by atoms with van der Waals surface area (Å²) >= 11 is 0. The molecule has 0 radical (unpaired) electrons. The number of ether oxygens (including phenoxy) is 1. The van der Waals surface area contributed by atoms with Crippen LogP contribution in [0.3, 0.4) is 0 Å². The lowest BCUT2D eigenvalue weighted by molar-refractivity contribution is -0.138. The van der Waals surface area contributed by atoms with E-state index in [0.29, 0.717) is 6.61 Å². The molecule has 0 aliphatic rings. The highest BCUT2D eigenvalue weighted by Gasteiger charge is 2.16. The smallest absolute Gasteiger partial charge is 0.330 e. The van der Waals surface area contributed by atoms with Crippen LogP contribution in [-0.4, -0.2) is 36.6 Å². The number of rotatable bonds is 5. The highest BCUT2D eigenvalue weighted by atomic mass is 35.5. The summed E-state index contributed by atoms with van der Waals surface area (Å²) in [6.07, 6.45) is 3.22. The first-order valence-corrected chi connectivity index (χ1v) is 6.51. The first-order valence-electron chi connectivity index (χ1n) is 6.51. The Morgan fingerprint density at radius 1 is 1.25 bits per heavy atom. The average molecular weight is 297 g/mol. The van der Waals surface area contributed by atoms with Crippen LogP contribution in [-0.2, 0) is 9.53 Å². The van der Waals surface area contributed by atoms with Gasteiger partial charge in [-0.15, -0.1) is 0 Å². The predicted octanol–water partition coefficient (Wildman–Crippen LogP) is -0.0227. The van der Waals surface area contributed by atoms with Gasteiger partial charge in [0.15, 0.2) is 0 Å². The lowest BCUT2D eigenvalue weighted by Gasteiger charge is -2.31. The maximum Gasteiger partial charge on any atom is 0.330 e. The molecule has 0 unspecified atom stereocenters. The van der Waals surface area contributed by atoms with Crippen molar-refractivity contribution in [2.24, 2.45) is 0 Å². The maximum atomic E-state index is 11.5. The Hall–Kier alpha value is -1.32. The van der Waals surface area contributed by atoms with Gasteiger partial charge < -0.3 is 17.1 Å². The second-order valence-corrected chi connectivity index (χ2v) is 5.50. The lowest BCUT2D eigenvalue weighted by Crippen LogP contribution is -3.00. The summed E-state index contributed by atoms with van der Waals surface area (Å²) < 4.78 is 5.16. The Balaban J connectivity index is 0.00000361. The van der Waals surface area contributed by atoms with E-state index < -0.39 is 0 Å². The van der Waals surface area contributed by atoms with Gasteiger partial charge in [-0.05, 0) is 39.5 Å². The van der Waals surface area contributed by atoms with E-state index in [1.165, 1.54) is 6.08 Å². The molecule has 0 aromatic heterocycles. The van der Waals surface area contributed by atoms with Gasteiger partial charge in [-0.2, -0.15) is 0 Å². The molecule has 0 atom stereocenters. The Morgan fingerprint density at radius 3 is 2.40 bits per heavy atom. The first kappa shape index (κ1) is 18.7. The van der Waals surface area contributed by atoms with Crippen LogP contribution in [0.15, 0.2) is 36.4 Å². The summed E-state index contributed by atoms with van der Waals surface area (Å²) in [5.41, 5.74) is 1.08. The molecular weight excluding hydrogens is 274 g/mol. The summed E-state index contributed by atoms with van der Waals surface area (Å²) in [5, 5.41) is 0. The zero-order chi connectivity index (χ0) is 14.3. The minimum atomic E-state index is -0.300. The van der Waals surface area contributed by atoms with Crippen molar-refractivity contribution in [2.45, 2.75) is 26.3 Å². The highest BCUT2D eigenvalue weighted by molar-refractivity contribution is 5.86. The summed E-state index contributed by atoms with van der Waals surface area (Å²) in [5.74, 6) is -0.300. The Bertz CT molecular complexity index is 424. The van der Waals surface area contributed by atoms with Crippen molar-refractivity contribution in [3.8, 4) is 0 Å². The number of nitrogens with zero attached hydrogens (tertiary/aromatic N) is 1. The summed E-state index contributed by atoms with van der Waals surface area (Å²) in [4.78, 5) is 13.7. The van der Waals surface area contributed by atoms with Crippen LogP contribution in [0, 0.1) is 0 Å². The van der Waals surface area contributed by atoms with Crippen molar-refractivity contribution in [3.05, 3.63) is 42.0 Å². The van der Waals surface area contributed by atoms with E-state index in [2.05, 4.69) is 25.7 Å². The van der Waals surface area contributed by atoms with Gasteiger partial charge in [0, 0.05) is 18.2 Å². The van der Waals surface area contributed by atoms with Crippen LogP contribution in [0.2, 0.25) is 0 Å². The molecule has 0 aliphatic carbocycles. The summed E-state index contributed by atoms with van der Waals surface area (Å²) in [6.45, 7) is 7.53. The normalized spacial score (nSPS) is 11.4. The zero-order valence-electron chi connectivity index (χ0n) is 12.6. The Kier molecular flexibility index (Phi) is 8.19. The third-order valence-corrected chi connectivity index (χ3v) is 3.03. The predicted molar refractivity (Wildman–Crippen MR) is 78.8 cm³/mol. The van der Waals surface area contributed by atoms with Gasteiger partial charge in [0.1, 0.15) is 6.61 Å². The van der Waals surface area contributed by atoms with Gasteiger partial charge in [-0.1, -0.05) is 30.3 Å². The first-order chi connectivity index (χ1) is 8.89. The van der Waals surface area contributed by atoms with E-state index in [-0.39, 0.29) is 23.9 Å². The minimum absolute atomic E-state index is 0. The number of halogens is 1. The molecule has 0 saturated carbocycles. The second-order valence-electron chi connectivity index (χ2n) is 5.50. The number of carbonyl (C=O) groups excluding carboxylic acids is 1. The molecule has 0 amide bonds. The molecule has 0 spiro atoms. The van der Waals surface area contributed by atoms with Crippen molar-refractivity contribution in [2.75, 3.05) is 20.2 Å². The van der Waals surface area contributed by atoms with Gasteiger partial charge in [-0.25, -0.2) is 4.79 Å². The fourth-order valence-corrected chi connectivity index (χ4v) is 1.40. The molecule has 0 bridgehead atoms. The zero-order valence-corrected chi connectivity index (χ0v) is 13.4. The van der Waals surface area contributed by atoms with Crippen molar-refractivity contribution in [1.82, 2.24) is 4.90 Å². The third-order valence-electron chi connectivity index (χ3n) is 3.03. The Morgan fingerprint density at radius 2 is 1.85 bits per heavy atom. The van der Waals surface area contributed by atoms with Gasteiger partial charge >= 0.3 is 5.97 Å². The van der Waals surface area contributed by atoms with Crippen molar-refractivity contribution in [3.63, 3.8) is 0 Å². The van der Waals surface area contributed by atoms with Crippen LogP contribution in [0.4, 0.5) is 0 Å². The molecule has 1 aromatic rings. The number of carbonyl (C=O) groups is 1. The second kappa shape index (κ2) is 8.77. The van der Waals surface area contributed by atoms with Crippen molar-refractivity contribution in [1.29, 1.82) is 0 Å². The molecule has 112 valence electrons.